The number of nitrogens with one attached hydrogen (secondary N) is 1. The van der Waals surface area contributed by atoms with E-state index in [-0.39, 0.29) is 0 Å². The fraction of sp³-hybridized carbons (Fsp3) is 0.667. The fourth-order valence-electron chi connectivity index (χ4n) is 1.88. The molecular formula is C12H19N3O2. The first kappa shape index (κ1) is 12.0. The maximum absolute atomic E-state index is 11.6. The predicted octanol–water partition coefficient (Wildman–Crippen LogP) is 2.57. The lowest BCUT2D eigenvalue weighted by Crippen LogP contribution is -2.27. The molecule has 94 valence electrons. The summed E-state index contributed by atoms with van der Waals surface area (Å²) in [7, 11) is 0. The minimum atomic E-state index is -0.483. The van der Waals surface area contributed by atoms with E-state index in [0.29, 0.717) is 5.82 Å². The van der Waals surface area contributed by atoms with Gasteiger partial charge in [0.05, 0.1) is 0 Å². The van der Waals surface area contributed by atoms with E-state index in [1.807, 2.05) is 27.0 Å². The molecule has 1 amide bonds. The molecule has 0 bridgehead atoms. The molecule has 2 heterocycles. The quantitative estimate of drug-likeness (QED) is 0.816. The molecule has 0 saturated carbocycles. The lowest BCUT2D eigenvalue weighted by atomic mass is 10.2. The third-order valence-electron chi connectivity index (χ3n) is 2.54. The monoisotopic (exact) mass is 237 g/mol. The first-order valence-corrected chi connectivity index (χ1v) is 6.00. The third kappa shape index (κ3) is 3.22. The normalized spacial score (nSPS) is 15.2. The number of fused-ring (bicyclic) bond motifs is 1. The van der Waals surface area contributed by atoms with E-state index in [2.05, 4.69) is 14.9 Å². The molecule has 5 heteroatoms. The second-order valence-corrected chi connectivity index (χ2v) is 5.32. The van der Waals surface area contributed by atoms with Gasteiger partial charge in [0.2, 0.25) is 0 Å². The summed E-state index contributed by atoms with van der Waals surface area (Å²) in [6, 6.07) is 0. The van der Waals surface area contributed by atoms with Gasteiger partial charge in [-0.15, -0.1) is 0 Å². The molecule has 0 spiro atoms. The molecule has 0 atom stereocenters. The topological polar surface area (TPSA) is 56.1 Å². The summed E-state index contributed by atoms with van der Waals surface area (Å²) in [5, 5.41) is 2.66. The number of nitrogens with zero attached hydrogens (tertiary/aromatic N) is 2. The van der Waals surface area contributed by atoms with E-state index in [9.17, 15) is 4.79 Å². The number of ether oxygens (including phenoxy) is 1. The van der Waals surface area contributed by atoms with Crippen molar-refractivity contribution in [3.63, 3.8) is 0 Å². The molecule has 17 heavy (non-hydrogen) atoms. The van der Waals surface area contributed by atoms with E-state index < -0.39 is 11.7 Å². The van der Waals surface area contributed by atoms with Crippen LogP contribution >= 0.6 is 0 Å². The van der Waals surface area contributed by atoms with Crippen LogP contribution in [0.15, 0.2) is 6.20 Å². The molecule has 5 nitrogen and oxygen atoms in total. The van der Waals surface area contributed by atoms with E-state index in [1.54, 1.807) is 0 Å². The van der Waals surface area contributed by atoms with Gasteiger partial charge in [0.15, 0.2) is 5.82 Å². The maximum atomic E-state index is 11.6. The Hall–Kier alpha value is -1.52. The molecule has 1 aliphatic rings. The number of aromatic nitrogens is 2. The zero-order valence-electron chi connectivity index (χ0n) is 10.6. The Morgan fingerprint density at radius 2 is 2.24 bits per heavy atom. The maximum Gasteiger partial charge on any atom is 0.413 e. The van der Waals surface area contributed by atoms with Crippen LogP contribution in [0, 0.1) is 0 Å². The summed E-state index contributed by atoms with van der Waals surface area (Å²) in [5.41, 5.74) is -0.483. The van der Waals surface area contributed by atoms with E-state index in [0.717, 1.165) is 18.8 Å². The van der Waals surface area contributed by atoms with E-state index in [1.165, 1.54) is 12.8 Å². The highest BCUT2D eigenvalue weighted by molar-refractivity contribution is 5.83. The Morgan fingerprint density at radius 1 is 1.47 bits per heavy atom. The van der Waals surface area contributed by atoms with E-state index >= 15 is 0 Å². The van der Waals surface area contributed by atoms with Crippen LogP contribution in [0.1, 0.15) is 39.4 Å². The molecule has 1 N–H and O–H groups in total. The Balaban J connectivity index is 1.99. The molecule has 0 fully saturated rings. The smallest absolute Gasteiger partial charge is 0.413 e. The molecule has 1 aromatic heterocycles. The average Bonchev–Trinajstić information content (AvgIpc) is 2.55. The summed E-state index contributed by atoms with van der Waals surface area (Å²) in [4.78, 5) is 15.9. The van der Waals surface area contributed by atoms with Gasteiger partial charge in [-0.25, -0.2) is 9.78 Å². The van der Waals surface area contributed by atoms with Crippen molar-refractivity contribution >= 4 is 11.9 Å². The molecule has 0 aliphatic carbocycles. The number of hydrogen-bond donors (Lipinski definition) is 1. The van der Waals surface area contributed by atoms with Crippen molar-refractivity contribution in [2.45, 2.75) is 52.2 Å². The highest BCUT2D eigenvalue weighted by Gasteiger charge is 2.18. The van der Waals surface area contributed by atoms with Crippen molar-refractivity contribution in [1.29, 1.82) is 0 Å². The van der Waals surface area contributed by atoms with Gasteiger partial charge in [-0.05, 0) is 33.6 Å². The van der Waals surface area contributed by atoms with Gasteiger partial charge < -0.3 is 9.30 Å². The van der Waals surface area contributed by atoms with Gasteiger partial charge in [0, 0.05) is 19.2 Å². The number of carbonyl (C=O) groups is 1. The average molecular weight is 237 g/mol. The van der Waals surface area contributed by atoms with Gasteiger partial charge in [0.25, 0.3) is 0 Å². The number of hydrogen-bond acceptors (Lipinski definition) is 3. The number of rotatable bonds is 1. The molecule has 0 aromatic carbocycles. The Labute approximate surface area is 101 Å². The molecule has 1 aliphatic heterocycles. The predicted molar refractivity (Wildman–Crippen MR) is 65.0 cm³/mol. The van der Waals surface area contributed by atoms with Gasteiger partial charge in [0.1, 0.15) is 11.4 Å². The Kier molecular flexibility index (Phi) is 3.09. The van der Waals surface area contributed by atoms with Crippen molar-refractivity contribution in [2.75, 3.05) is 5.32 Å². The molecule has 1 aromatic rings. The van der Waals surface area contributed by atoms with Crippen LogP contribution in [0.3, 0.4) is 0 Å². The highest BCUT2D eigenvalue weighted by Crippen LogP contribution is 2.17. The third-order valence-corrected chi connectivity index (χ3v) is 2.54. The number of aryl methyl sites for hydroxylation is 2. The van der Waals surface area contributed by atoms with Gasteiger partial charge >= 0.3 is 6.09 Å². The van der Waals surface area contributed by atoms with Crippen molar-refractivity contribution < 1.29 is 9.53 Å². The number of imidazole rings is 1. The Morgan fingerprint density at radius 3 is 2.88 bits per heavy atom. The zero-order valence-corrected chi connectivity index (χ0v) is 10.6. The van der Waals surface area contributed by atoms with Gasteiger partial charge in [-0.2, -0.15) is 0 Å². The van der Waals surface area contributed by atoms with Crippen molar-refractivity contribution in [2.24, 2.45) is 0 Å². The molecule has 2 rings (SSSR count). The SMILES string of the molecule is CC(C)(C)OC(=O)Nc1cn2c(n1)CCCC2. The lowest BCUT2D eigenvalue weighted by Gasteiger charge is -2.19. The van der Waals surface area contributed by atoms with Crippen LogP contribution in [0.4, 0.5) is 10.6 Å². The second-order valence-electron chi connectivity index (χ2n) is 5.32. The van der Waals surface area contributed by atoms with Crippen molar-refractivity contribution in [3.8, 4) is 0 Å². The largest absolute Gasteiger partial charge is 0.444 e. The van der Waals surface area contributed by atoms with Crippen LogP contribution < -0.4 is 5.32 Å². The highest BCUT2D eigenvalue weighted by atomic mass is 16.6. The zero-order chi connectivity index (χ0) is 12.5. The Bertz CT molecular complexity index is 394. The van der Waals surface area contributed by atoms with Gasteiger partial charge in [-0.1, -0.05) is 0 Å². The lowest BCUT2D eigenvalue weighted by molar-refractivity contribution is 0.0635. The van der Waals surface area contributed by atoms with E-state index in [4.69, 9.17) is 4.74 Å². The summed E-state index contributed by atoms with van der Waals surface area (Å²) < 4.78 is 7.27. The van der Waals surface area contributed by atoms with Crippen LogP contribution in [0.5, 0.6) is 0 Å². The van der Waals surface area contributed by atoms with Crippen LogP contribution in [0.2, 0.25) is 0 Å². The first-order chi connectivity index (χ1) is 7.94. The standard InChI is InChI=1S/C12H19N3O2/c1-12(2,3)17-11(16)14-9-8-15-7-5-4-6-10(15)13-9/h8H,4-7H2,1-3H3,(H,14,16). The second kappa shape index (κ2) is 4.39. The van der Waals surface area contributed by atoms with Crippen molar-refractivity contribution in [1.82, 2.24) is 9.55 Å². The summed E-state index contributed by atoms with van der Waals surface area (Å²) in [6.07, 6.45) is 4.75. The van der Waals surface area contributed by atoms with Crippen molar-refractivity contribution in [3.05, 3.63) is 12.0 Å². The number of anilines is 1. The molecule has 0 radical (unpaired) electrons. The minimum Gasteiger partial charge on any atom is -0.444 e. The summed E-state index contributed by atoms with van der Waals surface area (Å²) >= 11 is 0. The number of carbonyl (C=O) groups excluding carboxylic acids is 1. The van der Waals surface area contributed by atoms with Crippen LogP contribution in [-0.2, 0) is 17.7 Å². The summed E-state index contributed by atoms with van der Waals surface area (Å²) in [5.74, 6) is 1.62. The number of amides is 1. The molecule has 0 saturated heterocycles. The molecular weight excluding hydrogens is 218 g/mol. The van der Waals surface area contributed by atoms with Gasteiger partial charge in [-0.3, -0.25) is 5.32 Å². The summed E-state index contributed by atoms with van der Waals surface area (Å²) in [6.45, 7) is 6.50. The first-order valence-electron chi connectivity index (χ1n) is 6.00. The fourth-order valence-corrected chi connectivity index (χ4v) is 1.88. The minimum absolute atomic E-state index is 0.451. The van der Waals surface area contributed by atoms with Crippen LogP contribution in [-0.4, -0.2) is 21.2 Å². The molecule has 0 unspecified atom stereocenters. The van der Waals surface area contributed by atoms with Crippen LogP contribution in [0.25, 0.3) is 0 Å².